The molecule has 0 radical (unpaired) electrons. The number of pyridine rings is 1. The van der Waals surface area contributed by atoms with Crippen LogP contribution in [0.3, 0.4) is 0 Å². The molecule has 2 atom stereocenters. The van der Waals surface area contributed by atoms with Gasteiger partial charge in [-0.15, -0.1) is 0 Å². The van der Waals surface area contributed by atoms with E-state index in [1.165, 1.54) is 17.0 Å². The molecule has 0 aliphatic carbocycles. The smallest absolute Gasteiger partial charge is 0.283 e. The highest BCUT2D eigenvalue weighted by atomic mass is 19.3. The number of alkyl halides is 3. The van der Waals surface area contributed by atoms with Gasteiger partial charge in [0.1, 0.15) is 23.9 Å². The number of aliphatic hydroxyl groups is 1. The third-order valence-corrected chi connectivity index (χ3v) is 7.32. The molecule has 0 spiro atoms. The first kappa shape index (κ1) is 25.9. The summed E-state index contributed by atoms with van der Waals surface area (Å²) < 4.78 is 74.3. The molecule has 5 rings (SSSR count). The van der Waals surface area contributed by atoms with Crippen LogP contribution in [0.5, 0.6) is 0 Å². The second kappa shape index (κ2) is 10.2. The Balaban J connectivity index is 1.50. The molecule has 2 aliphatic rings. The van der Waals surface area contributed by atoms with Crippen LogP contribution in [-0.2, 0) is 6.42 Å². The van der Waals surface area contributed by atoms with Gasteiger partial charge < -0.3 is 14.8 Å². The largest absolute Gasteiger partial charge is 0.390 e. The van der Waals surface area contributed by atoms with Gasteiger partial charge in [-0.2, -0.15) is 0 Å². The summed E-state index contributed by atoms with van der Waals surface area (Å²) in [7, 11) is 0. The van der Waals surface area contributed by atoms with Crippen molar-refractivity contribution in [3.63, 3.8) is 0 Å². The van der Waals surface area contributed by atoms with Crippen LogP contribution in [0.25, 0.3) is 5.65 Å². The molecule has 2 aliphatic heterocycles. The SMILES string of the molecule is C[C@@H]1Cc2c(ccc3nccn23)[C@@H](c2c(F)cc(NC3CN(CCCF)C3)cc2F)N1CC(F)(F)CO. The predicted octanol–water partition coefficient (Wildman–Crippen LogP) is 4.03. The normalized spacial score (nSPS) is 21.3. The van der Waals surface area contributed by atoms with Crippen molar-refractivity contribution in [2.45, 2.75) is 43.8 Å². The van der Waals surface area contributed by atoms with Gasteiger partial charge in [0.2, 0.25) is 0 Å². The summed E-state index contributed by atoms with van der Waals surface area (Å²) in [6, 6.07) is 4.13. The second-order valence-electron chi connectivity index (χ2n) is 10.0. The Kier molecular flexibility index (Phi) is 7.12. The lowest BCUT2D eigenvalue weighted by molar-refractivity contribution is -0.0868. The molecule has 200 valence electrons. The maximum absolute atomic E-state index is 15.7. The molecule has 1 fully saturated rings. The summed E-state index contributed by atoms with van der Waals surface area (Å²) in [5.74, 6) is -5.14. The third kappa shape index (κ3) is 5.04. The van der Waals surface area contributed by atoms with E-state index < -0.39 is 42.8 Å². The first-order chi connectivity index (χ1) is 17.7. The van der Waals surface area contributed by atoms with Crippen molar-refractivity contribution < 1.29 is 27.1 Å². The second-order valence-corrected chi connectivity index (χ2v) is 10.0. The molecule has 0 unspecified atom stereocenters. The summed E-state index contributed by atoms with van der Waals surface area (Å²) in [5, 5.41) is 12.3. The van der Waals surface area contributed by atoms with Gasteiger partial charge in [0.25, 0.3) is 5.92 Å². The highest BCUT2D eigenvalue weighted by Crippen LogP contribution is 2.42. The molecule has 2 N–H and O–H groups in total. The van der Waals surface area contributed by atoms with Gasteiger partial charge in [-0.05, 0) is 37.1 Å². The van der Waals surface area contributed by atoms with Crippen LogP contribution < -0.4 is 5.32 Å². The van der Waals surface area contributed by atoms with Crippen LogP contribution in [0.4, 0.5) is 27.6 Å². The molecule has 2 aromatic heterocycles. The summed E-state index contributed by atoms with van der Waals surface area (Å²) >= 11 is 0. The number of imidazole rings is 1. The number of hydrogen-bond donors (Lipinski definition) is 2. The summed E-state index contributed by atoms with van der Waals surface area (Å²) in [5.41, 5.74) is 1.86. The van der Waals surface area contributed by atoms with Gasteiger partial charge in [0, 0.05) is 61.4 Å². The quantitative estimate of drug-likeness (QED) is 0.415. The van der Waals surface area contributed by atoms with Crippen LogP contribution >= 0.6 is 0 Å². The first-order valence-corrected chi connectivity index (χ1v) is 12.4. The van der Waals surface area contributed by atoms with Gasteiger partial charge >= 0.3 is 0 Å². The Morgan fingerprint density at radius 1 is 1.16 bits per heavy atom. The Labute approximate surface area is 211 Å². The number of hydrogen-bond acceptors (Lipinski definition) is 5. The number of nitrogens with zero attached hydrogens (tertiary/aromatic N) is 4. The fraction of sp³-hybridized carbons (Fsp3) is 0.500. The van der Waals surface area contributed by atoms with Crippen LogP contribution in [0.1, 0.15) is 36.2 Å². The standard InChI is InChI=1S/C26H30F5N5O/c1-16-9-22-19(3-4-23-32-6-8-35(22)23)25(36(16)14-26(30,31)15-37)24-20(28)10-17(11-21(24)29)33-18-12-34(13-18)7-2-5-27/h3-4,6,8,10-11,16,18,25,33,37H,2,5,7,9,12-15H2,1H3/t16-,25+/m1/s1. The molecule has 0 bridgehead atoms. The zero-order valence-electron chi connectivity index (χ0n) is 20.5. The van der Waals surface area contributed by atoms with Gasteiger partial charge in [-0.3, -0.25) is 14.2 Å². The van der Waals surface area contributed by atoms with E-state index in [2.05, 4.69) is 15.2 Å². The molecular formula is C26H30F5N5O. The molecule has 3 aromatic rings. The monoisotopic (exact) mass is 523 g/mol. The Hall–Kier alpha value is -2.76. The lowest BCUT2D eigenvalue weighted by atomic mass is 9.86. The van der Waals surface area contributed by atoms with E-state index in [4.69, 9.17) is 0 Å². The molecule has 0 amide bonds. The van der Waals surface area contributed by atoms with E-state index >= 15 is 8.78 Å². The summed E-state index contributed by atoms with van der Waals surface area (Å²) in [6.07, 6.45) is 4.17. The number of aliphatic hydroxyl groups excluding tert-OH is 1. The maximum Gasteiger partial charge on any atom is 0.283 e. The highest BCUT2D eigenvalue weighted by Gasteiger charge is 2.43. The number of rotatable bonds is 9. The fourth-order valence-corrected chi connectivity index (χ4v) is 5.54. The number of fused-ring (bicyclic) bond motifs is 3. The van der Waals surface area contributed by atoms with Crippen molar-refractivity contribution in [2.24, 2.45) is 0 Å². The Morgan fingerprint density at radius 3 is 2.57 bits per heavy atom. The number of benzene rings is 1. The average Bonchev–Trinajstić information content (AvgIpc) is 3.31. The summed E-state index contributed by atoms with van der Waals surface area (Å²) in [4.78, 5) is 7.68. The van der Waals surface area contributed by atoms with E-state index in [1.54, 1.807) is 31.5 Å². The minimum Gasteiger partial charge on any atom is -0.390 e. The molecule has 1 aromatic carbocycles. The van der Waals surface area contributed by atoms with Crippen LogP contribution in [-0.4, -0.2) is 81.8 Å². The molecule has 11 heteroatoms. The number of nitrogens with one attached hydrogen (secondary N) is 1. The number of likely N-dealkylation sites (tertiary alicyclic amines) is 1. The van der Waals surface area contributed by atoms with Crippen LogP contribution in [0.15, 0.2) is 36.7 Å². The van der Waals surface area contributed by atoms with Gasteiger partial charge in [0.15, 0.2) is 0 Å². The topological polar surface area (TPSA) is 56.0 Å². The highest BCUT2D eigenvalue weighted by molar-refractivity contribution is 5.52. The average molecular weight is 524 g/mol. The van der Waals surface area contributed by atoms with E-state index in [0.717, 1.165) is 5.69 Å². The molecule has 1 saturated heterocycles. The van der Waals surface area contributed by atoms with E-state index in [-0.39, 0.29) is 24.0 Å². The molecule has 4 heterocycles. The van der Waals surface area contributed by atoms with Crippen molar-refractivity contribution >= 4 is 11.3 Å². The van der Waals surface area contributed by atoms with Crippen molar-refractivity contribution in [3.8, 4) is 0 Å². The zero-order valence-corrected chi connectivity index (χ0v) is 20.5. The number of anilines is 1. The molecule has 6 nitrogen and oxygen atoms in total. The lowest BCUT2D eigenvalue weighted by Crippen LogP contribution is -2.54. The van der Waals surface area contributed by atoms with Crippen LogP contribution in [0, 0.1) is 11.6 Å². The van der Waals surface area contributed by atoms with Gasteiger partial charge in [0.05, 0.1) is 25.3 Å². The zero-order chi connectivity index (χ0) is 26.3. The maximum atomic E-state index is 15.7. The van der Waals surface area contributed by atoms with Crippen molar-refractivity contribution in [1.82, 2.24) is 19.2 Å². The van der Waals surface area contributed by atoms with Crippen molar-refractivity contribution in [3.05, 3.63) is 65.1 Å². The first-order valence-electron chi connectivity index (χ1n) is 12.4. The fourth-order valence-electron chi connectivity index (χ4n) is 5.54. The molecular weight excluding hydrogens is 493 g/mol. The van der Waals surface area contributed by atoms with Crippen molar-refractivity contribution in [1.29, 1.82) is 0 Å². The molecule has 0 saturated carbocycles. The number of aromatic nitrogens is 2. The predicted molar refractivity (Wildman–Crippen MR) is 130 cm³/mol. The van der Waals surface area contributed by atoms with E-state index in [1.807, 2.05) is 4.40 Å². The summed E-state index contributed by atoms with van der Waals surface area (Å²) in [6.45, 7) is 1.04. The molecule has 37 heavy (non-hydrogen) atoms. The third-order valence-electron chi connectivity index (χ3n) is 7.32. The Bertz CT molecular complexity index is 1240. The van der Waals surface area contributed by atoms with E-state index in [9.17, 15) is 18.3 Å². The lowest BCUT2D eigenvalue weighted by Gasteiger charge is -2.43. The van der Waals surface area contributed by atoms with Crippen LogP contribution in [0.2, 0.25) is 0 Å². The van der Waals surface area contributed by atoms with Gasteiger partial charge in [-0.25, -0.2) is 22.5 Å². The Morgan fingerprint density at radius 2 is 1.89 bits per heavy atom. The minimum atomic E-state index is -3.45. The van der Waals surface area contributed by atoms with E-state index in [0.29, 0.717) is 43.7 Å². The number of halogens is 5. The minimum absolute atomic E-state index is 0.0195. The van der Waals surface area contributed by atoms with Gasteiger partial charge in [-0.1, -0.05) is 6.07 Å². The van der Waals surface area contributed by atoms with Crippen molar-refractivity contribution in [2.75, 3.05) is 44.8 Å².